The zero-order chi connectivity index (χ0) is 13.1. The third kappa shape index (κ3) is 2.82. The molecular weight excluding hydrogens is 295 g/mol. The molecule has 0 amide bonds. The van der Waals surface area contributed by atoms with Crippen molar-refractivity contribution in [2.45, 2.75) is 13.0 Å². The highest BCUT2D eigenvalue weighted by atomic mass is 79.9. The van der Waals surface area contributed by atoms with E-state index in [0.717, 1.165) is 10.2 Å². The Bertz CT molecular complexity index is 557. The third-order valence-electron chi connectivity index (χ3n) is 2.76. The Labute approximate surface area is 114 Å². The Morgan fingerprint density at radius 2 is 1.94 bits per heavy atom. The Morgan fingerprint density at radius 1 is 1.22 bits per heavy atom. The molecule has 0 fully saturated rings. The Kier molecular flexibility index (Phi) is 3.87. The standard InChI is InChI=1S/C14H14BrFN2/c1-9(11-4-2-3-5-12(11)16)18-14-8-10(15)6-7-13(14)17/h2-9,18H,17H2,1H3. The molecule has 0 saturated carbocycles. The van der Waals surface area contributed by atoms with Gasteiger partial charge in [0.2, 0.25) is 0 Å². The van der Waals surface area contributed by atoms with E-state index >= 15 is 0 Å². The monoisotopic (exact) mass is 308 g/mol. The third-order valence-corrected chi connectivity index (χ3v) is 3.25. The predicted molar refractivity (Wildman–Crippen MR) is 77.0 cm³/mol. The van der Waals surface area contributed by atoms with E-state index < -0.39 is 0 Å². The van der Waals surface area contributed by atoms with Crippen molar-refractivity contribution in [2.75, 3.05) is 11.1 Å². The van der Waals surface area contributed by atoms with Crippen LogP contribution in [0.15, 0.2) is 46.9 Å². The smallest absolute Gasteiger partial charge is 0.128 e. The molecule has 1 unspecified atom stereocenters. The molecule has 4 heteroatoms. The van der Waals surface area contributed by atoms with Gasteiger partial charge in [-0.2, -0.15) is 0 Å². The van der Waals surface area contributed by atoms with Gasteiger partial charge in [0.25, 0.3) is 0 Å². The molecule has 2 rings (SSSR count). The second-order valence-corrected chi connectivity index (χ2v) is 5.03. The molecule has 0 saturated heterocycles. The van der Waals surface area contributed by atoms with Gasteiger partial charge < -0.3 is 11.1 Å². The maximum absolute atomic E-state index is 13.6. The number of rotatable bonds is 3. The van der Waals surface area contributed by atoms with Gasteiger partial charge in [-0.1, -0.05) is 34.1 Å². The first-order valence-electron chi connectivity index (χ1n) is 5.64. The highest BCUT2D eigenvalue weighted by molar-refractivity contribution is 9.10. The largest absolute Gasteiger partial charge is 0.397 e. The van der Waals surface area contributed by atoms with Crippen LogP contribution in [0, 0.1) is 5.82 Å². The summed E-state index contributed by atoms with van der Waals surface area (Å²) < 4.78 is 14.6. The van der Waals surface area contributed by atoms with Crippen LogP contribution in [0.5, 0.6) is 0 Å². The van der Waals surface area contributed by atoms with Gasteiger partial charge in [0.1, 0.15) is 5.82 Å². The van der Waals surface area contributed by atoms with Crippen LogP contribution in [0.25, 0.3) is 0 Å². The van der Waals surface area contributed by atoms with E-state index in [0.29, 0.717) is 11.3 Å². The van der Waals surface area contributed by atoms with E-state index in [1.807, 2.05) is 25.1 Å². The minimum atomic E-state index is -0.217. The van der Waals surface area contributed by atoms with Crippen molar-refractivity contribution < 1.29 is 4.39 Å². The first kappa shape index (κ1) is 12.9. The molecule has 0 aliphatic heterocycles. The number of benzene rings is 2. The second kappa shape index (κ2) is 5.40. The summed E-state index contributed by atoms with van der Waals surface area (Å²) in [5, 5.41) is 3.21. The van der Waals surface area contributed by atoms with Crippen molar-refractivity contribution in [1.29, 1.82) is 0 Å². The summed E-state index contributed by atoms with van der Waals surface area (Å²) in [7, 11) is 0. The van der Waals surface area contributed by atoms with Crippen molar-refractivity contribution in [3.8, 4) is 0 Å². The number of anilines is 2. The van der Waals surface area contributed by atoms with E-state index in [9.17, 15) is 4.39 Å². The molecule has 0 spiro atoms. The Morgan fingerprint density at radius 3 is 2.67 bits per heavy atom. The lowest BCUT2D eigenvalue weighted by Gasteiger charge is -2.18. The zero-order valence-electron chi connectivity index (χ0n) is 9.95. The van der Waals surface area contributed by atoms with Crippen LogP contribution < -0.4 is 11.1 Å². The predicted octanol–water partition coefficient (Wildman–Crippen LogP) is 4.34. The van der Waals surface area contributed by atoms with Crippen molar-refractivity contribution >= 4 is 27.3 Å². The highest BCUT2D eigenvalue weighted by Gasteiger charge is 2.11. The molecular formula is C14H14BrFN2. The lowest BCUT2D eigenvalue weighted by molar-refractivity contribution is 0.600. The Hall–Kier alpha value is -1.55. The van der Waals surface area contributed by atoms with Gasteiger partial charge in [0.15, 0.2) is 0 Å². The van der Waals surface area contributed by atoms with E-state index in [-0.39, 0.29) is 11.9 Å². The first-order valence-corrected chi connectivity index (χ1v) is 6.43. The van der Waals surface area contributed by atoms with Crippen LogP contribution in [0.3, 0.4) is 0 Å². The topological polar surface area (TPSA) is 38.0 Å². The SMILES string of the molecule is CC(Nc1cc(Br)ccc1N)c1ccccc1F. The summed E-state index contributed by atoms with van der Waals surface area (Å²) in [5.41, 5.74) is 7.93. The van der Waals surface area contributed by atoms with E-state index in [2.05, 4.69) is 21.2 Å². The lowest BCUT2D eigenvalue weighted by Crippen LogP contribution is -2.10. The highest BCUT2D eigenvalue weighted by Crippen LogP contribution is 2.28. The van der Waals surface area contributed by atoms with E-state index in [1.165, 1.54) is 6.07 Å². The van der Waals surface area contributed by atoms with Crippen LogP contribution in [0.4, 0.5) is 15.8 Å². The van der Waals surface area contributed by atoms with Gasteiger partial charge in [-0.25, -0.2) is 4.39 Å². The fourth-order valence-corrected chi connectivity index (χ4v) is 2.15. The minimum Gasteiger partial charge on any atom is -0.397 e. The van der Waals surface area contributed by atoms with Gasteiger partial charge in [-0.3, -0.25) is 0 Å². The molecule has 0 aliphatic rings. The fraction of sp³-hybridized carbons (Fsp3) is 0.143. The summed E-state index contributed by atoms with van der Waals surface area (Å²) in [6, 6.07) is 12.1. The first-order chi connectivity index (χ1) is 8.58. The number of nitrogen functional groups attached to an aromatic ring is 1. The van der Waals surface area contributed by atoms with Gasteiger partial charge in [-0.05, 0) is 31.2 Å². The van der Waals surface area contributed by atoms with Crippen molar-refractivity contribution in [1.82, 2.24) is 0 Å². The summed E-state index contributed by atoms with van der Waals surface area (Å²) in [6.07, 6.45) is 0. The Balaban J connectivity index is 2.24. The van der Waals surface area contributed by atoms with Crippen LogP contribution in [0.2, 0.25) is 0 Å². The molecule has 1 atom stereocenters. The second-order valence-electron chi connectivity index (χ2n) is 4.12. The molecule has 0 aromatic heterocycles. The average Bonchev–Trinajstić information content (AvgIpc) is 2.34. The maximum atomic E-state index is 13.6. The quantitative estimate of drug-likeness (QED) is 0.828. The molecule has 2 nitrogen and oxygen atoms in total. The molecule has 0 radical (unpaired) electrons. The average molecular weight is 309 g/mol. The molecule has 2 aromatic carbocycles. The minimum absolute atomic E-state index is 0.150. The summed E-state index contributed by atoms with van der Waals surface area (Å²) in [4.78, 5) is 0. The molecule has 94 valence electrons. The van der Waals surface area contributed by atoms with Crippen LogP contribution >= 0.6 is 15.9 Å². The fourth-order valence-electron chi connectivity index (χ4n) is 1.79. The van der Waals surface area contributed by atoms with Gasteiger partial charge in [0, 0.05) is 10.0 Å². The molecule has 3 N–H and O–H groups in total. The van der Waals surface area contributed by atoms with Crippen LogP contribution in [-0.4, -0.2) is 0 Å². The summed E-state index contributed by atoms with van der Waals surface area (Å²) >= 11 is 3.39. The van der Waals surface area contributed by atoms with Crippen molar-refractivity contribution in [3.63, 3.8) is 0 Å². The van der Waals surface area contributed by atoms with E-state index in [1.54, 1.807) is 18.2 Å². The normalized spacial score (nSPS) is 12.2. The number of nitrogens with two attached hydrogens (primary N) is 1. The number of nitrogens with one attached hydrogen (secondary N) is 1. The number of hydrogen-bond acceptors (Lipinski definition) is 2. The number of halogens is 2. The van der Waals surface area contributed by atoms with Crippen LogP contribution in [-0.2, 0) is 0 Å². The van der Waals surface area contributed by atoms with Crippen molar-refractivity contribution in [3.05, 3.63) is 58.3 Å². The lowest BCUT2D eigenvalue weighted by atomic mass is 10.1. The molecule has 2 aromatic rings. The zero-order valence-corrected chi connectivity index (χ0v) is 11.5. The summed E-state index contributed by atoms with van der Waals surface area (Å²) in [6.45, 7) is 1.90. The molecule has 0 bridgehead atoms. The van der Waals surface area contributed by atoms with E-state index in [4.69, 9.17) is 5.73 Å². The van der Waals surface area contributed by atoms with Gasteiger partial charge in [-0.15, -0.1) is 0 Å². The van der Waals surface area contributed by atoms with Crippen molar-refractivity contribution in [2.24, 2.45) is 0 Å². The maximum Gasteiger partial charge on any atom is 0.128 e. The molecule has 0 aliphatic carbocycles. The van der Waals surface area contributed by atoms with Gasteiger partial charge in [0.05, 0.1) is 17.4 Å². The number of hydrogen-bond donors (Lipinski definition) is 2. The van der Waals surface area contributed by atoms with Gasteiger partial charge >= 0.3 is 0 Å². The van der Waals surface area contributed by atoms with Crippen LogP contribution in [0.1, 0.15) is 18.5 Å². The molecule has 0 heterocycles. The summed E-state index contributed by atoms with van der Waals surface area (Å²) in [5.74, 6) is -0.217. The molecule has 18 heavy (non-hydrogen) atoms.